The van der Waals surface area contributed by atoms with Crippen LogP contribution in [0.5, 0.6) is 0 Å². The number of esters is 1. The zero-order valence-corrected chi connectivity index (χ0v) is 25.3. The molecule has 7 nitrogen and oxygen atoms in total. The number of halogens is 5. The number of nitrogens with zero attached hydrogens (tertiary/aromatic N) is 3. The van der Waals surface area contributed by atoms with Gasteiger partial charge in [0.15, 0.2) is 0 Å². The van der Waals surface area contributed by atoms with E-state index in [0.29, 0.717) is 22.5 Å². The summed E-state index contributed by atoms with van der Waals surface area (Å²) >= 11 is 8.19. The van der Waals surface area contributed by atoms with Crippen LogP contribution in [0.3, 0.4) is 0 Å². The van der Waals surface area contributed by atoms with Gasteiger partial charge in [-0.2, -0.15) is 8.78 Å². The molecule has 1 amide bonds. The smallest absolute Gasteiger partial charge is 0.378 e. The number of carbonyl (C=O) groups excluding carboxylic acids is 2. The van der Waals surface area contributed by atoms with Crippen LogP contribution in [0.1, 0.15) is 17.5 Å². The Labute approximate surface area is 238 Å². The summed E-state index contributed by atoms with van der Waals surface area (Å²) in [4.78, 5) is 30.8. The molecule has 0 unspecified atom stereocenters. The van der Waals surface area contributed by atoms with Crippen LogP contribution in [0.15, 0.2) is 36.4 Å². The maximum absolute atomic E-state index is 14.9. The van der Waals surface area contributed by atoms with Gasteiger partial charge in [-0.05, 0) is 65.9 Å². The molecular weight excluding hydrogens is 654 g/mol. The molecule has 0 saturated carbocycles. The molecule has 3 aromatic rings. The van der Waals surface area contributed by atoms with Crippen molar-refractivity contribution < 1.29 is 32.2 Å². The summed E-state index contributed by atoms with van der Waals surface area (Å²) in [5, 5.41) is -0.552. The van der Waals surface area contributed by atoms with Gasteiger partial charge in [-0.15, -0.1) is 0 Å². The highest BCUT2D eigenvalue weighted by Crippen LogP contribution is 2.33. The fraction of sp³-hybridized carbons (Fsp3) is 0.400. The number of hydrogen-bond donors (Lipinski definition) is 0. The van der Waals surface area contributed by atoms with Crippen molar-refractivity contribution in [2.75, 3.05) is 24.7 Å². The van der Waals surface area contributed by atoms with Gasteiger partial charge in [0, 0.05) is 18.3 Å². The van der Waals surface area contributed by atoms with Crippen LogP contribution in [0.4, 0.5) is 18.9 Å². The van der Waals surface area contributed by atoms with Crippen molar-refractivity contribution in [3.05, 3.63) is 56.6 Å². The van der Waals surface area contributed by atoms with Crippen LogP contribution in [-0.2, 0) is 21.0 Å². The number of benzene rings is 2. The number of alkyl halides is 2. The molecule has 0 aliphatic rings. The zero-order valence-electron chi connectivity index (χ0n) is 21.4. The number of hydrogen-bond acceptors (Lipinski definition) is 5. The number of imidazole rings is 1. The monoisotopic (exact) mass is 681 g/mol. The van der Waals surface area contributed by atoms with Crippen molar-refractivity contribution in [3.63, 3.8) is 0 Å². The van der Waals surface area contributed by atoms with Gasteiger partial charge in [0.05, 0.1) is 23.3 Å². The van der Waals surface area contributed by atoms with Crippen LogP contribution >= 0.6 is 34.2 Å². The van der Waals surface area contributed by atoms with Crippen molar-refractivity contribution >= 4 is 70.9 Å². The summed E-state index contributed by atoms with van der Waals surface area (Å²) in [6.07, 6.45) is 0. The molecule has 206 valence electrons. The molecule has 0 spiro atoms. The lowest BCUT2D eigenvalue weighted by Crippen LogP contribution is -2.47. The standard InChI is InChI=1S/C25H28ClF3IN3O4Si/c1-5-37-24(35)25(28,29)14-32(20-8-6-7-17(27)21(20)26)23(34)22-31-18-13-16(30)9-10-19(18)33(22)15-36-11-12-38(2,3)4/h6-10,13H,5,11-12,14-15H2,1-4H3. The Morgan fingerprint density at radius 1 is 1.21 bits per heavy atom. The number of amides is 1. The Balaban J connectivity index is 2.09. The second-order valence-electron chi connectivity index (χ2n) is 9.73. The summed E-state index contributed by atoms with van der Waals surface area (Å²) in [7, 11) is -1.40. The summed E-state index contributed by atoms with van der Waals surface area (Å²) in [6.45, 7) is 6.62. The first kappa shape index (κ1) is 30.4. The van der Waals surface area contributed by atoms with Crippen LogP contribution in [0.25, 0.3) is 11.0 Å². The first-order valence-corrected chi connectivity index (χ1v) is 17.0. The van der Waals surface area contributed by atoms with Gasteiger partial charge in [-0.1, -0.05) is 37.3 Å². The highest BCUT2D eigenvalue weighted by Gasteiger charge is 2.45. The molecular formula is C25H28ClF3IN3O4Si. The van der Waals surface area contributed by atoms with Crippen molar-refractivity contribution in [1.82, 2.24) is 9.55 Å². The Morgan fingerprint density at radius 2 is 1.92 bits per heavy atom. The van der Waals surface area contributed by atoms with E-state index >= 15 is 0 Å². The number of fused-ring (bicyclic) bond motifs is 1. The van der Waals surface area contributed by atoms with E-state index in [1.54, 1.807) is 12.1 Å². The molecule has 1 aromatic heterocycles. The quantitative estimate of drug-likeness (QED) is 0.0989. The van der Waals surface area contributed by atoms with Gasteiger partial charge in [-0.3, -0.25) is 14.3 Å². The third-order valence-corrected chi connectivity index (χ3v) is 8.27. The minimum Gasteiger partial charge on any atom is -0.462 e. The topological polar surface area (TPSA) is 73.7 Å². The van der Waals surface area contributed by atoms with E-state index in [9.17, 15) is 22.8 Å². The molecule has 0 N–H and O–H groups in total. The average Bonchev–Trinajstić information content (AvgIpc) is 3.18. The van der Waals surface area contributed by atoms with Crippen LogP contribution < -0.4 is 4.90 Å². The number of aromatic nitrogens is 2. The summed E-state index contributed by atoms with van der Waals surface area (Å²) < 4.78 is 56.8. The van der Waals surface area contributed by atoms with Crippen molar-refractivity contribution in [1.29, 1.82) is 0 Å². The van der Waals surface area contributed by atoms with Crippen molar-refractivity contribution in [2.24, 2.45) is 0 Å². The van der Waals surface area contributed by atoms with Crippen LogP contribution in [-0.4, -0.2) is 55.2 Å². The van der Waals surface area contributed by atoms with Gasteiger partial charge >= 0.3 is 11.9 Å². The molecule has 0 aliphatic heterocycles. The molecule has 0 atom stereocenters. The Morgan fingerprint density at radius 3 is 2.58 bits per heavy atom. The molecule has 0 aliphatic carbocycles. The molecule has 38 heavy (non-hydrogen) atoms. The van der Waals surface area contributed by atoms with Gasteiger partial charge in [0.25, 0.3) is 5.91 Å². The maximum atomic E-state index is 14.9. The van der Waals surface area contributed by atoms with Gasteiger partial charge in [0.2, 0.25) is 5.82 Å². The first-order valence-electron chi connectivity index (χ1n) is 11.8. The number of ether oxygens (including phenoxy) is 2. The van der Waals surface area contributed by atoms with Crippen LogP contribution in [0, 0.1) is 9.39 Å². The van der Waals surface area contributed by atoms with Gasteiger partial charge in [0.1, 0.15) is 24.1 Å². The van der Waals surface area contributed by atoms with E-state index in [1.165, 1.54) is 23.6 Å². The van der Waals surface area contributed by atoms with Crippen molar-refractivity contribution in [2.45, 2.75) is 45.3 Å². The zero-order chi connectivity index (χ0) is 28.3. The largest absolute Gasteiger partial charge is 0.462 e. The molecule has 0 bridgehead atoms. The Kier molecular flexibility index (Phi) is 9.87. The van der Waals surface area contributed by atoms with Crippen LogP contribution in [0.2, 0.25) is 30.7 Å². The molecule has 0 fully saturated rings. The Hall–Kier alpha value is -2.16. The van der Waals surface area contributed by atoms with Gasteiger partial charge < -0.3 is 9.47 Å². The highest BCUT2D eigenvalue weighted by atomic mass is 127. The fourth-order valence-corrected chi connectivity index (χ4v) is 4.98. The molecule has 0 radical (unpaired) electrons. The minimum absolute atomic E-state index is 0.0678. The third-order valence-electron chi connectivity index (χ3n) is 5.52. The molecule has 3 rings (SSSR count). The fourth-order valence-electron chi connectivity index (χ4n) is 3.52. The predicted octanol–water partition coefficient (Wildman–Crippen LogP) is 6.59. The van der Waals surface area contributed by atoms with E-state index in [0.717, 1.165) is 15.7 Å². The maximum Gasteiger partial charge on any atom is 0.378 e. The average molecular weight is 682 g/mol. The lowest BCUT2D eigenvalue weighted by Gasteiger charge is -2.27. The first-order chi connectivity index (χ1) is 17.7. The number of rotatable bonds is 11. The summed E-state index contributed by atoms with van der Waals surface area (Å²) in [5.74, 6) is -8.08. The van der Waals surface area contributed by atoms with E-state index < -0.39 is 43.3 Å². The number of carbonyl (C=O) groups is 2. The van der Waals surface area contributed by atoms with E-state index in [2.05, 4.69) is 52.0 Å². The van der Waals surface area contributed by atoms with Crippen molar-refractivity contribution in [3.8, 4) is 0 Å². The molecule has 1 heterocycles. The molecule has 0 saturated heterocycles. The number of anilines is 1. The third kappa shape index (κ3) is 7.27. The van der Waals surface area contributed by atoms with E-state index in [-0.39, 0.29) is 24.8 Å². The minimum atomic E-state index is -4.11. The normalized spacial score (nSPS) is 12.1. The lowest BCUT2D eigenvalue weighted by molar-refractivity contribution is -0.169. The Bertz CT molecular complexity index is 1330. The second kappa shape index (κ2) is 12.3. The van der Waals surface area contributed by atoms with Gasteiger partial charge in [-0.25, -0.2) is 14.2 Å². The summed E-state index contributed by atoms with van der Waals surface area (Å²) in [6, 6.07) is 9.63. The highest BCUT2D eigenvalue weighted by molar-refractivity contribution is 14.1. The summed E-state index contributed by atoms with van der Waals surface area (Å²) in [5.41, 5.74) is 0.647. The molecule has 2 aromatic carbocycles. The van der Waals surface area contributed by atoms with E-state index in [4.69, 9.17) is 16.3 Å². The SMILES string of the molecule is CCOC(=O)C(F)(F)CN(C(=O)c1nc2cc(I)ccc2n1COCC[Si](C)(C)C)c1cccc(F)c1Cl. The second-order valence-corrected chi connectivity index (χ2v) is 17.0. The predicted molar refractivity (Wildman–Crippen MR) is 151 cm³/mol. The molecule has 13 heteroatoms. The van der Waals surface area contributed by atoms with E-state index in [1.807, 2.05) is 6.07 Å². The lowest BCUT2D eigenvalue weighted by atomic mass is 10.2.